The van der Waals surface area contributed by atoms with Gasteiger partial charge in [0.05, 0.1) is 11.0 Å². The van der Waals surface area contributed by atoms with Crippen molar-refractivity contribution in [3.63, 3.8) is 0 Å². The summed E-state index contributed by atoms with van der Waals surface area (Å²) in [5, 5.41) is 24.4. The van der Waals surface area contributed by atoms with E-state index in [-0.39, 0.29) is 12.1 Å². The maximum atomic E-state index is 11.0. The standard InChI is InChI=1S/C10H17N3O3/c1-4-5-8-10(13(15)16)9(6-7(2)14)12(3)11-8/h7,14H,4-6H2,1-3H3. The first-order valence-electron chi connectivity index (χ1n) is 5.34. The number of aromatic nitrogens is 2. The van der Waals surface area contributed by atoms with Gasteiger partial charge in [-0.25, -0.2) is 0 Å². The first-order valence-corrected chi connectivity index (χ1v) is 5.34. The first-order chi connectivity index (χ1) is 7.47. The van der Waals surface area contributed by atoms with Gasteiger partial charge in [-0.3, -0.25) is 14.8 Å². The largest absolute Gasteiger partial charge is 0.393 e. The number of rotatable bonds is 5. The van der Waals surface area contributed by atoms with Gasteiger partial charge in [-0.05, 0) is 13.3 Å². The molecule has 6 heteroatoms. The fourth-order valence-corrected chi connectivity index (χ4v) is 1.73. The molecule has 0 aliphatic rings. The summed E-state index contributed by atoms with van der Waals surface area (Å²) in [6, 6.07) is 0. The van der Waals surface area contributed by atoms with E-state index in [2.05, 4.69) is 5.10 Å². The molecule has 1 aromatic heterocycles. The van der Waals surface area contributed by atoms with Crippen LogP contribution in [0.3, 0.4) is 0 Å². The summed E-state index contributed by atoms with van der Waals surface area (Å²) in [6.07, 6.45) is 1.04. The molecule has 1 heterocycles. The maximum Gasteiger partial charge on any atom is 0.313 e. The quantitative estimate of drug-likeness (QED) is 0.605. The maximum absolute atomic E-state index is 11.0. The lowest BCUT2D eigenvalue weighted by atomic mass is 10.1. The van der Waals surface area contributed by atoms with Gasteiger partial charge in [-0.1, -0.05) is 13.3 Å². The van der Waals surface area contributed by atoms with Gasteiger partial charge >= 0.3 is 5.69 Å². The van der Waals surface area contributed by atoms with Crippen LogP contribution in [0, 0.1) is 10.1 Å². The van der Waals surface area contributed by atoms with Gasteiger partial charge < -0.3 is 5.11 Å². The molecule has 0 saturated carbocycles. The third kappa shape index (κ3) is 2.57. The SMILES string of the molecule is CCCc1nn(C)c(CC(C)O)c1[N+](=O)[O-]. The van der Waals surface area contributed by atoms with Gasteiger partial charge in [-0.15, -0.1) is 0 Å². The van der Waals surface area contributed by atoms with Crippen LogP contribution in [0.15, 0.2) is 0 Å². The molecule has 1 aromatic rings. The molecule has 90 valence electrons. The topological polar surface area (TPSA) is 81.2 Å². The van der Waals surface area contributed by atoms with Gasteiger partial charge in [0.25, 0.3) is 0 Å². The zero-order valence-electron chi connectivity index (χ0n) is 9.80. The zero-order chi connectivity index (χ0) is 12.3. The summed E-state index contributed by atoms with van der Waals surface area (Å²) in [7, 11) is 1.67. The van der Waals surface area contributed by atoms with Crippen LogP contribution in [0.5, 0.6) is 0 Å². The minimum absolute atomic E-state index is 0.0604. The van der Waals surface area contributed by atoms with E-state index in [0.717, 1.165) is 6.42 Å². The van der Waals surface area contributed by atoms with Crippen LogP contribution in [-0.2, 0) is 19.9 Å². The van der Waals surface area contributed by atoms with E-state index >= 15 is 0 Å². The summed E-state index contributed by atoms with van der Waals surface area (Å²) in [4.78, 5) is 10.6. The monoisotopic (exact) mass is 227 g/mol. The van der Waals surface area contributed by atoms with Crippen LogP contribution in [0.25, 0.3) is 0 Å². The molecule has 0 saturated heterocycles. The van der Waals surface area contributed by atoms with Crippen molar-refractivity contribution in [3.8, 4) is 0 Å². The van der Waals surface area contributed by atoms with Gasteiger partial charge in [0, 0.05) is 13.5 Å². The molecule has 0 spiro atoms. The predicted molar refractivity (Wildman–Crippen MR) is 59.2 cm³/mol. The minimum Gasteiger partial charge on any atom is -0.393 e. The highest BCUT2D eigenvalue weighted by Crippen LogP contribution is 2.25. The molecule has 0 aliphatic carbocycles. The number of hydrogen-bond donors (Lipinski definition) is 1. The molecule has 1 rings (SSSR count). The van der Waals surface area contributed by atoms with Crippen molar-refractivity contribution < 1.29 is 10.0 Å². The van der Waals surface area contributed by atoms with E-state index in [9.17, 15) is 15.2 Å². The Labute approximate surface area is 94.0 Å². The molecular weight excluding hydrogens is 210 g/mol. The first kappa shape index (κ1) is 12.6. The van der Waals surface area contributed by atoms with Crippen LogP contribution in [0.2, 0.25) is 0 Å². The highest BCUT2D eigenvalue weighted by molar-refractivity contribution is 5.41. The van der Waals surface area contributed by atoms with E-state index in [0.29, 0.717) is 17.8 Å². The Hall–Kier alpha value is -1.43. The molecule has 6 nitrogen and oxygen atoms in total. The predicted octanol–water partition coefficient (Wildman–Crippen LogP) is 1.20. The van der Waals surface area contributed by atoms with Crippen LogP contribution in [0.4, 0.5) is 5.69 Å². The van der Waals surface area contributed by atoms with E-state index < -0.39 is 11.0 Å². The second kappa shape index (κ2) is 5.07. The minimum atomic E-state index is -0.608. The van der Waals surface area contributed by atoms with Crippen molar-refractivity contribution in [2.24, 2.45) is 7.05 Å². The van der Waals surface area contributed by atoms with Gasteiger partial charge in [0.1, 0.15) is 11.4 Å². The van der Waals surface area contributed by atoms with Crippen molar-refractivity contribution >= 4 is 5.69 Å². The van der Waals surface area contributed by atoms with Gasteiger partial charge in [-0.2, -0.15) is 5.10 Å². The molecule has 0 aromatic carbocycles. The van der Waals surface area contributed by atoms with Crippen LogP contribution in [-0.4, -0.2) is 25.9 Å². The van der Waals surface area contributed by atoms with E-state index in [4.69, 9.17) is 0 Å². The molecule has 0 bridgehead atoms. The molecule has 1 atom stereocenters. The van der Waals surface area contributed by atoms with Gasteiger partial charge in [0.15, 0.2) is 0 Å². The number of aliphatic hydroxyl groups is 1. The van der Waals surface area contributed by atoms with E-state index in [1.807, 2.05) is 6.92 Å². The van der Waals surface area contributed by atoms with E-state index in [1.165, 1.54) is 4.68 Å². The highest BCUT2D eigenvalue weighted by atomic mass is 16.6. The van der Waals surface area contributed by atoms with Crippen molar-refractivity contribution in [1.82, 2.24) is 9.78 Å². The molecular formula is C10H17N3O3. The lowest BCUT2D eigenvalue weighted by molar-refractivity contribution is -0.386. The zero-order valence-corrected chi connectivity index (χ0v) is 9.80. The summed E-state index contributed by atoms with van der Waals surface area (Å²) in [5.41, 5.74) is 1.05. The molecule has 0 aliphatic heterocycles. The molecule has 16 heavy (non-hydrogen) atoms. The lowest BCUT2D eigenvalue weighted by Crippen LogP contribution is -2.10. The second-order valence-electron chi connectivity index (χ2n) is 3.93. The van der Waals surface area contributed by atoms with Crippen molar-refractivity contribution in [2.45, 2.75) is 39.2 Å². The summed E-state index contributed by atoms with van der Waals surface area (Å²) >= 11 is 0. The summed E-state index contributed by atoms with van der Waals surface area (Å²) < 4.78 is 1.50. The third-order valence-electron chi connectivity index (χ3n) is 2.37. The van der Waals surface area contributed by atoms with Crippen LogP contribution in [0.1, 0.15) is 31.7 Å². The number of nitro groups is 1. The Balaban J connectivity index is 3.18. The molecule has 1 unspecified atom stereocenters. The number of hydrogen-bond acceptors (Lipinski definition) is 4. The third-order valence-corrected chi connectivity index (χ3v) is 2.37. The summed E-state index contributed by atoms with van der Waals surface area (Å²) in [6.45, 7) is 3.56. The van der Waals surface area contributed by atoms with Crippen molar-refractivity contribution in [1.29, 1.82) is 0 Å². The average molecular weight is 227 g/mol. The normalized spacial score (nSPS) is 12.8. The van der Waals surface area contributed by atoms with Crippen molar-refractivity contribution in [2.75, 3.05) is 0 Å². The Morgan fingerprint density at radius 3 is 2.69 bits per heavy atom. The van der Waals surface area contributed by atoms with Crippen LogP contribution >= 0.6 is 0 Å². The average Bonchev–Trinajstić information content (AvgIpc) is 2.43. The van der Waals surface area contributed by atoms with Crippen LogP contribution < -0.4 is 0 Å². The Morgan fingerprint density at radius 1 is 1.62 bits per heavy atom. The molecule has 1 N–H and O–H groups in total. The number of aliphatic hydroxyl groups excluding tert-OH is 1. The van der Waals surface area contributed by atoms with Crippen molar-refractivity contribution in [3.05, 3.63) is 21.5 Å². The van der Waals surface area contributed by atoms with E-state index in [1.54, 1.807) is 14.0 Å². The van der Waals surface area contributed by atoms with Gasteiger partial charge in [0.2, 0.25) is 0 Å². The number of aryl methyl sites for hydroxylation is 2. The second-order valence-corrected chi connectivity index (χ2v) is 3.93. The fraction of sp³-hybridized carbons (Fsp3) is 0.700. The highest BCUT2D eigenvalue weighted by Gasteiger charge is 2.26. The Kier molecular flexibility index (Phi) is 4.00. The fourth-order valence-electron chi connectivity index (χ4n) is 1.73. The summed E-state index contributed by atoms with van der Waals surface area (Å²) in [5.74, 6) is 0. The Bertz CT molecular complexity index is 385. The molecule has 0 fully saturated rings. The molecule has 0 radical (unpaired) electrons. The Morgan fingerprint density at radius 2 is 2.25 bits per heavy atom. The lowest BCUT2D eigenvalue weighted by Gasteiger charge is -2.03. The molecule has 0 amide bonds. The number of nitrogens with zero attached hydrogens (tertiary/aromatic N) is 3. The smallest absolute Gasteiger partial charge is 0.313 e.